The highest BCUT2D eigenvalue weighted by Crippen LogP contribution is 2.39. The lowest BCUT2D eigenvalue weighted by Crippen LogP contribution is -2.18. The third kappa shape index (κ3) is 1.39. The zero-order chi connectivity index (χ0) is 11.2. The first-order chi connectivity index (χ1) is 7.67. The van der Waals surface area contributed by atoms with Gasteiger partial charge in [0.15, 0.2) is 0 Å². The van der Waals surface area contributed by atoms with Gasteiger partial charge in [-0.2, -0.15) is 0 Å². The predicted molar refractivity (Wildman–Crippen MR) is 66.3 cm³/mol. The highest BCUT2D eigenvalue weighted by Gasteiger charge is 2.33. The van der Waals surface area contributed by atoms with Crippen molar-refractivity contribution in [3.8, 4) is 0 Å². The van der Waals surface area contributed by atoms with Crippen LogP contribution in [-0.4, -0.2) is 9.97 Å². The van der Waals surface area contributed by atoms with Crippen molar-refractivity contribution in [2.45, 2.75) is 38.0 Å². The average molecular weight is 215 g/mol. The van der Waals surface area contributed by atoms with Crippen molar-refractivity contribution in [2.75, 3.05) is 5.73 Å². The summed E-state index contributed by atoms with van der Waals surface area (Å²) in [6.07, 6.45) is 5.11. The molecule has 0 unspecified atom stereocenters. The highest BCUT2D eigenvalue weighted by molar-refractivity contribution is 5.78. The number of anilines is 1. The maximum Gasteiger partial charge on any atom is 0.113 e. The molecule has 1 heterocycles. The number of hydrogen-bond acceptors (Lipinski definition) is 2. The Bertz CT molecular complexity index is 521. The fraction of sp³-hybridized carbons (Fsp3) is 0.462. The molecule has 1 aliphatic carbocycles. The van der Waals surface area contributed by atoms with Gasteiger partial charge in [0.2, 0.25) is 0 Å². The number of hydrogen-bond donors (Lipinski definition) is 2. The molecule has 0 aliphatic heterocycles. The SMILES string of the molecule is CC1(c2nc3ccc(N)cc3[nH]2)CCCC1. The van der Waals surface area contributed by atoms with Crippen molar-refractivity contribution < 1.29 is 0 Å². The van der Waals surface area contributed by atoms with Crippen molar-refractivity contribution in [3.05, 3.63) is 24.0 Å². The quantitative estimate of drug-likeness (QED) is 0.718. The molecular formula is C13H17N3. The summed E-state index contributed by atoms with van der Waals surface area (Å²) in [6, 6.07) is 5.86. The number of nitrogens with one attached hydrogen (secondary N) is 1. The van der Waals surface area contributed by atoms with E-state index < -0.39 is 0 Å². The third-order valence-corrected chi connectivity index (χ3v) is 3.78. The fourth-order valence-electron chi connectivity index (χ4n) is 2.71. The van der Waals surface area contributed by atoms with E-state index in [1.807, 2.05) is 18.2 Å². The number of imidazole rings is 1. The van der Waals surface area contributed by atoms with Crippen molar-refractivity contribution >= 4 is 16.7 Å². The van der Waals surface area contributed by atoms with Gasteiger partial charge < -0.3 is 10.7 Å². The molecule has 3 heteroatoms. The van der Waals surface area contributed by atoms with Gasteiger partial charge >= 0.3 is 0 Å². The smallest absolute Gasteiger partial charge is 0.113 e. The lowest BCUT2D eigenvalue weighted by molar-refractivity contribution is 0.465. The first kappa shape index (κ1) is 9.70. The van der Waals surface area contributed by atoms with Crippen molar-refractivity contribution in [1.29, 1.82) is 0 Å². The van der Waals surface area contributed by atoms with Crippen molar-refractivity contribution in [1.82, 2.24) is 9.97 Å². The molecule has 1 aromatic heterocycles. The van der Waals surface area contributed by atoms with Crippen LogP contribution in [0.1, 0.15) is 38.4 Å². The molecule has 1 aliphatic rings. The van der Waals surface area contributed by atoms with Crippen LogP contribution in [0.5, 0.6) is 0 Å². The number of nitrogens with zero attached hydrogens (tertiary/aromatic N) is 1. The first-order valence-electron chi connectivity index (χ1n) is 5.93. The van der Waals surface area contributed by atoms with E-state index in [4.69, 9.17) is 10.7 Å². The Balaban J connectivity index is 2.11. The van der Waals surface area contributed by atoms with Crippen LogP contribution in [0.15, 0.2) is 18.2 Å². The van der Waals surface area contributed by atoms with Crippen LogP contribution in [0.25, 0.3) is 11.0 Å². The maximum absolute atomic E-state index is 5.77. The number of aromatic amines is 1. The van der Waals surface area contributed by atoms with Gasteiger partial charge in [-0.25, -0.2) is 4.98 Å². The monoisotopic (exact) mass is 215 g/mol. The number of rotatable bonds is 1. The molecule has 0 bridgehead atoms. The summed E-state index contributed by atoms with van der Waals surface area (Å²) >= 11 is 0. The van der Waals surface area contributed by atoms with Gasteiger partial charge in [0, 0.05) is 11.1 Å². The number of nitrogens with two attached hydrogens (primary N) is 1. The van der Waals surface area contributed by atoms with E-state index in [9.17, 15) is 0 Å². The summed E-state index contributed by atoms with van der Waals surface area (Å²) in [5.41, 5.74) is 8.89. The minimum atomic E-state index is 0.244. The van der Waals surface area contributed by atoms with Crippen LogP contribution >= 0.6 is 0 Å². The number of nitrogen functional groups attached to an aromatic ring is 1. The number of benzene rings is 1. The van der Waals surface area contributed by atoms with E-state index in [-0.39, 0.29) is 5.41 Å². The van der Waals surface area contributed by atoms with E-state index in [1.165, 1.54) is 25.7 Å². The highest BCUT2D eigenvalue weighted by atomic mass is 14.9. The lowest BCUT2D eigenvalue weighted by atomic mass is 9.88. The van der Waals surface area contributed by atoms with Gasteiger partial charge in [-0.3, -0.25) is 0 Å². The van der Waals surface area contributed by atoms with Gasteiger partial charge in [-0.15, -0.1) is 0 Å². The maximum atomic E-state index is 5.77. The zero-order valence-corrected chi connectivity index (χ0v) is 9.59. The van der Waals surface area contributed by atoms with Gasteiger partial charge in [-0.05, 0) is 31.0 Å². The van der Waals surface area contributed by atoms with Crippen LogP contribution in [0.2, 0.25) is 0 Å². The van der Waals surface area contributed by atoms with E-state index in [1.54, 1.807) is 0 Å². The first-order valence-corrected chi connectivity index (χ1v) is 5.93. The Morgan fingerprint density at radius 3 is 2.81 bits per heavy atom. The Morgan fingerprint density at radius 1 is 1.31 bits per heavy atom. The molecule has 2 aromatic rings. The van der Waals surface area contributed by atoms with Crippen LogP contribution in [0.4, 0.5) is 5.69 Å². The molecule has 0 atom stereocenters. The summed E-state index contributed by atoms with van der Waals surface area (Å²) in [5.74, 6) is 1.13. The van der Waals surface area contributed by atoms with E-state index >= 15 is 0 Å². The molecule has 0 saturated heterocycles. The molecule has 3 rings (SSSR count). The normalized spacial score (nSPS) is 19.3. The number of H-pyrrole nitrogens is 1. The third-order valence-electron chi connectivity index (χ3n) is 3.78. The molecule has 0 radical (unpaired) electrons. The Morgan fingerprint density at radius 2 is 2.06 bits per heavy atom. The van der Waals surface area contributed by atoms with Crippen molar-refractivity contribution in [3.63, 3.8) is 0 Å². The summed E-state index contributed by atoms with van der Waals surface area (Å²) in [4.78, 5) is 8.12. The molecule has 16 heavy (non-hydrogen) atoms. The molecule has 0 amide bonds. The summed E-state index contributed by atoms with van der Waals surface area (Å²) in [5, 5.41) is 0. The Kier molecular flexibility index (Phi) is 1.96. The standard InChI is InChI=1S/C13H17N3/c1-13(6-2-3-7-13)12-15-10-5-4-9(14)8-11(10)16-12/h4-5,8H,2-3,6-7,14H2,1H3,(H,15,16). The van der Waals surface area contributed by atoms with Gasteiger partial charge in [0.1, 0.15) is 5.82 Å². The summed E-state index contributed by atoms with van der Waals surface area (Å²) in [6.45, 7) is 2.31. The predicted octanol–water partition coefficient (Wildman–Crippen LogP) is 2.98. The summed E-state index contributed by atoms with van der Waals surface area (Å²) < 4.78 is 0. The Labute approximate surface area is 95.1 Å². The second-order valence-electron chi connectivity index (χ2n) is 5.13. The second-order valence-corrected chi connectivity index (χ2v) is 5.13. The Hall–Kier alpha value is -1.51. The summed E-state index contributed by atoms with van der Waals surface area (Å²) in [7, 11) is 0. The minimum Gasteiger partial charge on any atom is -0.399 e. The molecule has 1 aromatic carbocycles. The van der Waals surface area contributed by atoms with Crippen LogP contribution in [-0.2, 0) is 5.41 Å². The molecule has 84 valence electrons. The van der Waals surface area contributed by atoms with Crippen LogP contribution in [0.3, 0.4) is 0 Å². The minimum absolute atomic E-state index is 0.244. The molecule has 1 saturated carbocycles. The van der Waals surface area contributed by atoms with Gasteiger partial charge in [0.25, 0.3) is 0 Å². The van der Waals surface area contributed by atoms with Crippen LogP contribution < -0.4 is 5.73 Å². The van der Waals surface area contributed by atoms with Crippen molar-refractivity contribution in [2.24, 2.45) is 0 Å². The lowest BCUT2D eigenvalue weighted by Gasteiger charge is -2.19. The number of aromatic nitrogens is 2. The van der Waals surface area contributed by atoms with E-state index in [2.05, 4.69) is 11.9 Å². The van der Waals surface area contributed by atoms with E-state index in [0.717, 1.165) is 22.5 Å². The molecule has 0 spiro atoms. The number of fused-ring (bicyclic) bond motifs is 1. The zero-order valence-electron chi connectivity index (χ0n) is 9.59. The molecule has 3 N–H and O–H groups in total. The molecular weight excluding hydrogens is 198 g/mol. The second kappa shape index (κ2) is 3.24. The fourth-order valence-corrected chi connectivity index (χ4v) is 2.71. The topological polar surface area (TPSA) is 54.7 Å². The van der Waals surface area contributed by atoms with E-state index in [0.29, 0.717) is 0 Å². The largest absolute Gasteiger partial charge is 0.399 e. The van der Waals surface area contributed by atoms with Crippen LogP contribution in [0, 0.1) is 0 Å². The average Bonchev–Trinajstić information content (AvgIpc) is 2.84. The molecule has 3 nitrogen and oxygen atoms in total. The van der Waals surface area contributed by atoms with Gasteiger partial charge in [0.05, 0.1) is 11.0 Å². The van der Waals surface area contributed by atoms with Gasteiger partial charge in [-0.1, -0.05) is 19.8 Å². The molecule has 1 fully saturated rings.